The molecule has 9 heteroatoms. The molecular weight excluding hydrogens is 314 g/mol. The van der Waals surface area contributed by atoms with Crippen LogP contribution in [0.15, 0.2) is 18.4 Å². The average Bonchev–Trinajstić information content (AvgIpc) is 3.27. The van der Waals surface area contributed by atoms with Gasteiger partial charge in [-0.3, -0.25) is 0 Å². The zero-order valence-electron chi connectivity index (χ0n) is 13.9. The number of anilines is 1. The van der Waals surface area contributed by atoms with Crippen LogP contribution >= 0.6 is 0 Å². The molecule has 2 aromatic rings. The molecule has 0 spiro atoms. The summed E-state index contributed by atoms with van der Waals surface area (Å²) in [6, 6.07) is 3.69. The molecule has 9 nitrogen and oxygen atoms in total. The summed E-state index contributed by atoms with van der Waals surface area (Å²) < 4.78 is 27.1. The number of nitrogens with zero attached hydrogens (tertiary/aromatic N) is 4. The van der Waals surface area contributed by atoms with E-state index in [1.54, 1.807) is 0 Å². The quantitative estimate of drug-likeness (QED) is 0.800. The summed E-state index contributed by atoms with van der Waals surface area (Å²) in [4.78, 5) is 3.89. The van der Waals surface area contributed by atoms with E-state index in [1.807, 2.05) is 6.92 Å². The topological polar surface area (TPSA) is 128 Å². The molecule has 0 amide bonds. The van der Waals surface area contributed by atoms with Gasteiger partial charge in [0.05, 0.1) is 13.7 Å². The van der Waals surface area contributed by atoms with Gasteiger partial charge in [-0.25, -0.2) is 9.50 Å². The van der Waals surface area contributed by atoms with Crippen LogP contribution in [-0.4, -0.2) is 50.9 Å². The molecule has 2 aliphatic rings. The van der Waals surface area contributed by atoms with Crippen molar-refractivity contribution in [2.75, 3.05) is 12.3 Å². The van der Waals surface area contributed by atoms with Crippen LogP contribution in [0.25, 0.3) is 5.52 Å². The van der Waals surface area contributed by atoms with Gasteiger partial charge in [0.2, 0.25) is 5.60 Å². The van der Waals surface area contributed by atoms with Gasteiger partial charge >= 0.3 is 0 Å². The lowest BCUT2D eigenvalue weighted by molar-refractivity contribution is -0.158. The Kier molecular flexibility index (Phi) is 3.17. The van der Waals surface area contributed by atoms with Gasteiger partial charge in [0.15, 0.2) is 12.1 Å². The van der Waals surface area contributed by atoms with E-state index < -0.39 is 30.2 Å². The minimum atomic E-state index is -1.58. The van der Waals surface area contributed by atoms with Crippen molar-refractivity contribution in [3.63, 3.8) is 0 Å². The van der Waals surface area contributed by atoms with Crippen LogP contribution in [-0.2, 0) is 19.8 Å². The van der Waals surface area contributed by atoms with Crippen LogP contribution in [0.4, 0.5) is 5.82 Å². The second-order valence-electron chi connectivity index (χ2n) is 5.76. The standard InChI is InChI=1S/C15H17N5O4/c1-2-11-22-12-9(5-21)24-15(6-16,13(12)23-11)10-4-3-8-14(17)18-7-19-20(8)10/h3-4,7,9,11-13,21H,2,5H2,1H3,(H2,17,18,19)/t9-,11?,12-,13-,15+/m1/s1/i3D. The number of nitrogen functional groups attached to an aromatic ring is 1. The zero-order chi connectivity index (χ0) is 17.8. The third-order valence-electron chi connectivity index (χ3n) is 4.46. The number of aliphatic hydroxyl groups is 1. The lowest BCUT2D eigenvalue weighted by Gasteiger charge is -2.26. The molecule has 0 bridgehead atoms. The van der Waals surface area contributed by atoms with E-state index in [-0.39, 0.29) is 24.0 Å². The van der Waals surface area contributed by atoms with Gasteiger partial charge in [0, 0.05) is 0 Å². The van der Waals surface area contributed by atoms with Crippen molar-refractivity contribution in [3.8, 4) is 6.07 Å². The molecule has 2 aliphatic heterocycles. The van der Waals surface area contributed by atoms with Crippen molar-refractivity contribution in [3.05, 3.63) is 24.1 Å². The highest BCUT2D eigenvalue weighted by molar-refractivity contribution is 5.66. The van der Waals surface area contributed by atoms with Crippen molar-refractivity contribution in [1.82, 2.24) is 14.6 Å². The molecule has 4 heterocycles. The lowest BCUT2D eigenvalue weighted by atomic mass is 9.92. The highest BCUT2D eigenvalue weighted by atomic mass is 16.8. The first kappa shape index (κ1) is 14.1. The van der Waals surface area contributed by atoms with Gasteiger partial charge in [0.25, 0.3) is 0 Å². The van der Waals surface area contributed by atoms with Crippen molar-refractivity contribution >= 4 is 11.3 Å². The summed E-state index contributed by atoms with van der Waals surface area (Å²) in [7, 11) is 0. The Morgan fingerprint density at radius 2 is 2.42 bits per heavy atom. The highest BCUT2D eigenvalue weighted by Gasteiger charge is 2.63. The number of nitrogens with two attached hydrogens (primary N) is 1. The number of ether oxygens (including phenoxy) is 3. The Labute approximate surface area is 139 Å². The fourth-order valence-corrected chi connectivity index (χ4v) is 3.34. The fourth-order valence-electron chi connectivity index (χ4n) is 3.34. The minimum Gasteiger partial charge on any atom is -0.394 e. The number of aromatic nitrogens is 3. The smallest absolute Gasteiger partial charge is 0.226 e. The third-order valence-corrected chi connectivity index (χ3v) is 4.46. The van der Waals surface area contributed by atoms with Gasteiger partial charge in [0.1, 0.15) is 36.2 Å². The molecule has 126 valence electrons. The van der Waals surface area contributed by atoms with E-state index in [9.17, 15) is 10.4 Å². The number of hydrogen-bond donors (Lipinski definition) is 2. The first-order valence-corrected chi connectivity index (χ1v) is 7.65. The third kappa shape index (κ3) is 1.88. The molecule has 0 saturated carbocycles. The van der Waals surface area contributed by atoms with Gasteiger partial charge in [-0.15, -0.1) is 0 Å². The zero-order valence-corrected chi connectivity index (χ0v) is 12.9. The average molecular weight is 332 g/mol. The molecule has 5 atom stereocenters. The molecule has 0 radical (unpaired) electrons. The van der Waals surface area contributed by atoms with Crippen LogP contribution in [0.2, 0.25) is 0 Å². The first-order valence-electron chi connectivity index (χ1n) is 8.15. The van der Waals surface area contributed by atoms with Gasteiger partial charge in [-0.1, -0.05) is 6.92 Å². The Hall–Kier alpha value is -2.25. The number of aliphatic hydroxyl groups excluding tert-OH is 1. The summed E-state index contributed by atoms with van der Waals surface area (Å²) in [6.45, 7) is 1.58. The molecule has 3 N–H and O–H groups in total. The lowest BCUT2D eigenvalue weighted by Crippen LogP contribution is -2.40. The van der Waals surface area contributed by atoms with Crippen LogP contribution in [0.1, 0.15) is 20.4 Å². The molecule has 1 unspecified atom stereocenters. The van der Waals surface area contributed by atoms with E-state index in [2.05, 4.69) is 16.2 Å². The van der Waals surface area contributed by atoms with Crippen molar-refractivity contribution in [2.24, 2.45) is 0 Å². The van der Waals surface area contributed by atoms with E-state index in [4.69, 9.17) is 21.3 Å². The predicted molar refractivity (Wildman–Crippen MR) is 80.5 cm³/mol. The fraction of sp³-hybridized carbons (Fsp3) is 0.533. The summed E-state index contributed by atoms with van der Waals surface area (Å²) in [5, 5.41) is 23.8. The van der Waals surface area contributed by atoms with E-state index >= 15 is 0 Å². The molecule has 2 saturated heterocycles. The Morgan fingerprint density at radius 1 is 1.58 bits per heavy atom. The van der Waals surface area contributed by atoms with Crippen LogP contribution < -0.4 is 5.73 Å². The van der Waals surface area contributed by atoms with E-state index in [1.165, 1.54) is 16.9 Å². The van der Waals surface area contributed by atoms with E-state index in [0.29, 0.717) is 12.1 Å². The molecular formula is C15H17N5O4. The van der Waals surface area contributed by atoms with Crippen molar-refractivity contribution in [1.29, 1.82) is 5.26 Å². The van der Waals surface area contributed by atoms with E-state index in [0.717, 1.165) is 0 Å². The van der Waals surface area contributed by atoms with Crippen LogP contribution in [0.5, 0.6) is 0 Å². The van der Waals surface area contributed by atoms with Gasteiger partial charge in [-0.05, 0) is 18.5 Å². The largest absolute Gasteiger partial charge is 0.394 e. The van der Waals surface area contributed by atoms with Crippen LogP contribution in [0.3, 0.4) is 0 Å². The molecule has 2 aromatic heterocycles. The second-order valence-corrected chi connectivity index (χ2v) is 5.76. The summed E-state index contributed by atoms with van der Waals surface area (Å²) in [5.41, 5.74) is 4.85. The molecule has 24 heavy (non-hydrogen) atoms. The minimum absolute atomic E-state index is 0.0706. The number of hydrogen-bond acceptors (Lipinski definition) is 8. The van der Waals surface area contributed by atoms with Gasteiger partial charge in [-0.2, -0.15) is 10.4 Å². The Morgan fingerprint density at radius 3 is 3.12 bits per heavy atom. The Balaban J connectivity index is 1.91. The monoisotopic (exact) mass is 332 g/mol. The van der Waals surface area contributed by atoms with Crippen molar-refractivity contribution in [2.45, 2.75) is 43.5 Å². The maximum atomic E-state index is 9.99. The van der Waals surface area contributed by atoms with Crippen molar-refractivity contribution < 1.29 is 20.7 Å². The summed E-state index contributed by atoms with van der Waals surface area (Å²) >= 11 is 0. The SMILES string of the molecule is [2H]c1cc([C@]2(C#N)O[C@H](CO)[C@H]3OC(CC)O[C@H]32)n2ncnc(N)c12. The molecule has 2 fully saturated rings. The first-order chi connectivity index (χ1) is 12.1. The molecule has 4 rings (SSSR count). The molecule has 0 aliphatic carbocycles. The number of fused-ring (bicyclic) bond motifs is 2. The maximum Gasteiger partial charge on any atom is 0.226 e. The summed E-state index contributed by atoms with van der Waals surface area (Å²) in [6.07, 6.45) is -0.711. The highest BCUT2D eigenvalue weighted by Crippen LogP contribution is 2.47. The second kappa shape index (κ2) is 5.39. The number of rotatable bonds is 3. The van der Waals surface area contributed by atoms with Gasteiger partial charge < -0.3 is 25.1 Å². The van der Waals surface area contributed by atoms with Crippen LogP contribution in [0, 0.1) is 11.3 Å². The Bertz CT molecular complexity index is 867. The normalized spacial score (nSPS) is 35.8. The molecule has 0 aromatic carbocycles. The predicted octanol–water partition coefficient (Wildman–Crippen LogP) is -0.0584. The maximum absolute atomic E-state index is 9.99. The number of nitriles is 1. The summed E-state index contributed by atoms with van der Waals surface area (Å²) in [5.74, 6) is 0.127.